The number of hydrogen-bond acceptors (Lipinski definition) is 7. The molecule has 4 rings (SSSR count). The van der Waals surface area contributed by atoms with Crippen molar-refractivity contribution in [2.75, 3.05) is 20.1 Å². The van der Waals surface area contributed by atoms with Gasteiger partial charge in [0, 0.05) is 24.4 Å². The van der Waals surface area contributed by atoms with E-state index in [4.69, 9.17) is 9.84 Å². The molecule has 2 heterocycles. The zero-order valence-corrected chi connectivity index (χ0v) is 17.2. The number of carbonyl (C=O) groups is 2. The topological polar surface area (TPSA) is 87.1 Å². The highest BCUT2D eigenvalue weighted by atomic mass is 32.1. The first kappa shape index (κ1) is 19.6. The zero-order chi connectivity index (χ0) is 19.9. The van der Waals surface area contributed by atoms with E-state index in [1.807, 2.05) is 34.8 Å². The minimum atomic E-state index is -1.78. The van der Waals surface area contributed by atoms with Crippen LogP contribution < -0.4 is 0 Å². The summed E-state index contributed by atoms with van der Waals surface area (Å²) < 4.78 is 5.87. The van der Waals surface area contributed by atoms with Gasteiger partial charge in [-0.05, 0) is 42.8 Å². The maximum atomic E-state index is 13.1. The van der Waals surface area contributed by atoms with E-state index < -0.39 is 17.5 Å². The molecule has 28 heavy (non-hydrogen) atoms. The Hall–Kier alpha value is -1.74. The largest absolute Gasteiger partial charge is 0.481 e. The number of carboxylic acids is 1. The van der Waals surface area contributed by atoms with Crippen LogP contribution in [0.4, 0.5) is 0 Å². The van der Waals surface area contributed by atoms with Crippen LogP contribution in [0.5, 0.6) is 0 Å². The third-order valence-electron chi connectivity index (χ3n) is 6.04. The Bertz CT molecular complexity index is 816. The number of carboxylic acid groups (broad SMARTS) is 1. The lowest BCUT2D eigenvalue weighted by Gasteiger charge is -2.29. The van der Waals surface area contributed by atoms with Crippen molar-refractivity contribution in [2.24, 2.45) is 11.3 Å². The maximum Gasteiger partial charge on any atom is 0.349 e. The number of fused-ring (bicyclic) bond motifs is 1. The number of esters is 1. The molecule has 0 aromatic carbocycles. The van der Waals surface area contributed by atoms with Crippen LogP contribution in [0.2, 0.25) is 0 Å². The molecular weight excluding hydrogens is 398 g/mol. The van der Waals surface area contributed by atoms with Crippen molar-refractivity contribution >= 4 is 34.6 Å². The smallest absolute Gasteiger partial charge is 0.349 e. The standard InChI is InChI=1S/C20H23NO5S2/c1-21(9-7-16(22)23)12-19-8-6-13(19)17(19)26-18(24)20(25,14-4-2-10-27-14)15-5-3-11-28-15/h2-5,10-11,13,17,25H,6-9,12H2,1H3,(H,22,23). The van der Waals surface area contributed by atoms with Gasteiger partial charge < -0.3 is 19.8 Å². The molecular formula is C20H23NO5S2. The summed E-state index contributed by atoms with van der Waals surface area (Å²) in [4.78, 5) is 27.0. The highest BCUT2D eigenvalue weighted by molar-refractivity contribution is 7.12. The third kappa shape index (κ3) is 3.18. The molecule has 3 atom stereocenters. The Kier molecular flexibility index (Phi) is 5.07. The van der Waals surface area contributed by atoms with Gasteiger partial charge in [0.25, 0.3) is 0 Å². The van der Waals surface area contributed by atoms with E-state index in [0.717, 1.165) is 12.8 Å². The van der Waals surface area contributed by atoms with Crippen LogP contribution in [0.15, 0.2) is 35.0 Å². The Morgan fingerprint density at radius 1 is 1.29 bits per heavy atom. The summed E-state index contributed by atoms with van der Waals surface area (Å²) in [6.07, 6.45) is 1.85. The molecule has 0 spiro atoms. The first-order valence-electron chi connectivity index (χ1n) is 9.29. The van der Waals surface area contributed by atoms with Gasteiger partial charge in [0.15, 0.2) is 0 Å². The Labute approximate surface area is 171 Å². The molecule has 2 fully saturated rings. The van der Waals surface area contributed by atoms with E-state index in [9.17, 15) is 14.7 Å². The summed E-state index contributed by atoms with van der Waals surface area (Å²) >= 11 is 2.66. The predicted octanol–water partition coefficient (Wildman–Crippen LogP) is 2.77. The molecule has 2 aromatic rings. The second-order valence-electron chi connectivity index (χ2n) is 7.75. The van der Waals surface area contributed by atoms with Gasteiger partial charge >= 0.3 is 11.9 Å². The molecule has 2 aliphatic rings. The summed E-state index contributed by atoms with van der Waals surface area (Å²) in [5.74, 6) is -1.13. The molecule has 2 saturated carbocycles. The molecule has 3 unspecified atom stereocenters. The lowest BCUT2D eigenvalue weighted by molar-refractivity contribution is -0.164. The molecule has 2 aliphatic carbocycles. The van der Waals surface area contributed by atoms with Gasteiger partial charge in [-0.3, -0.25) is 4.79 Å². The second kappa shape index (κ2) is 7.26. The Morgan fingerprint density at radius 3 is 2.39 bits per heavy atom. The van der Waals surface area contributed by atoms with E-state index >= 15 is 0 Å². The lowest BCUT2D eigenvalue weighted by atomic mass is 9.84. The van der Waals surface area contributed by atoms with Crippen molar-refractivity contribution in [3.05, 3.63) is 44.8 Å². The summed E-state index contributed by atoms with van der Waals surface area (Å²) in [6, 6.07) is 7.13. The van der Waals surface area contributed by atoms with Crippen LogP contribution in [-0.4, -0.2) is 53.3 Å². The van der Waals surface area contributed by atoms with E-state index in [0.29, 0.717) is 28.8 Å². The number of thiophene rings is 2. The Morgan fingerprint density at radius 2 is 1.93 bits per heavy atom. The predicted molar refractivity (Wildman–Crippen MR) is 106 cm³/mol. The fourth-order valence-corrected chi connectivity index (χ4v) is 6.07. The molecule has 8 heteroatoms. The van der Waals surface area contributed by atoms with Crippen LogP contribution in [0, 0.1) is 11.3 Å². The van der Waals surface area contributed by atoms with E-state index in [-0.39, 0.29) is 17.9 Å². The van der Waals surface area contributed by atoms with Crippen molar-refractivity contribution in [3.8, 4) is 0 Å². The number of hydrogen-bond donors (Lipinski definition) is 2. The van der Waals surface area contributed by atoms with Crippen LogP contribution in [0.1, 0.15) is 29.0 Å². The van der Waals surface area contributed by atoms with Gasteiger partial charge in [-0.25, -0.2) is 4.79 Å². The molecule has 2 aromatic heterocycles. The molecule has 0 saturated heterocycles. The van der Waals surface area contributed by atoms with Crippen LogP contribution >= 0.6 is 22.7 Å². The fraction of sp³-hybridized carbons (Fsp3) is 0.500. The molecule has 2 N–H and O–H groups in total. The molecule has 0 bridgehead atoms. The number of aliphatic hydroxyl groups is 1. The van der Waals surface area contributed by atoms with Crippen molar-refractivity contribution < 1.29 is 24.5 Å². The number of aliphatic carboxylic acids is 1. The molecule has 0 amide bonds. The first-order valence-corrected chi connectivity index (χ1v) is 11.1. The number of rotatable bonds is 9. The summed E-state index contributed by atoms with van der Waals surface area (Å²) in [5.41, 5.74) is -1.87. The van der Waals surface area contributed by atoms with E-state index in [2.05, 4.69) is 0 Å². The summed E-state index contributed by atoms with van der Waals surface area (Å²) in [7, 11) is 1.90. The molecule has 6 nitrogen and oxygen atoms in total. The van der Waals surface area contributed by atoms with Crippen molar-refractivity contribution in [3.63, 3.8) is 0 Å². The van der Waals surface area contributed by atoms with Crippen molar-refractivity contribution in [2.45, 2.75) is 31.0 Å². The Balaban J connectivity index is 1.47. The third-order valence-corrected chi connectivity index (χ3v) is 8.00. The first-order chi connectivity index (χ1) is 13.4. The molecule has 0 radical (unpaired) electrons. The monoisotopic (exact) mass is 421 g/mol. The van der Waals surface area contributed by atoms with Crippen LogP contribution in [-0.2, 0) is 19.9 Å². The number of ether oxygens (including phenoxy) is 1. The average molecular weight is 422 g/mol. The summed E-state index contributed by atoms with van der Waals surface area (Å²) in [5, 5.41) is 23.9. The van der Waals surface area contributed by atoms with E-state index in [1.165, 1.54) is 22.7 Å². The normalized spacial score (nSPS) is 25.8. The highest BCUT2D eigenvalue weighted by Crippen LogP contribution is 2.69. The zero-order valence-electron chi connectivity index (χ0n) is 15.5. The van der Waals surface area contributed by atoms with Gasteiger partial charge in [0.05, 0.1) is 16.2 Å². The van der Waals surface area contributed by atoms with Gasteiger partial charge in [0.2, 0.25) is 5.60 Å². The fourth-order valence-electron chi connectivity index (χ4n) is 4.36. The average Bonchev–Trinajstić information content (AvgIpc) is 3.23. The SMILES string of the molecule is CN(CCC(=O)O)CC12CCC1C2OC(=O)C(O)(c1cccs1)c1cccs1. The van der Waals surface area contributed by atoms with Crippen molar-refractivity contribution in [1.82, 2.24) is 4.90 Å². The lowest BCUT2D eigenvalue weighted by Crippen LogP contribution is -2.39. The number of nitrogens with zero attached hydrogens (tertiary/aromatic N) is 1. The minimum Gasteiger partial charge on any atom is -0.481 e. The van der Waals surface area contributed by atoms with Gasteiger partial charge in [0.1, 0.15) is 6.10 Å². The maximum absolute atomic E-state index is 13.1. The number of carbonyl (C=O) groups excluding carboxylic acids is 1. The summed E-state index contributed by atoms with van der Waals surface area (Å²) in [6.45, 7) is 1.18. The van der Waals surface area contributed by atoms with Gasteiger partial charge in [-0.2, -0.15) is 0 Å². The van der Waals surface area contributed by atoms with Crippen molar-refractivity contribution in [1.29, 1.82) is 0 Å². The minimum absolute atomic E-state index is 0.0886. The van der Waals surface area contributed by atoms with Gasteiger partial charge in [-0.1, -0.05) is 12.1 Å². The van der Waals surface area contributed by atoms with E-state index in [1.54, 1.807) is 12.1 Å². The van der Waals surface area contributed by atoms with Crippen LogP contribution in [0.3, 0.4) is 0 Å². The van der Waals surface area contributed by atoms with Gasteiger partial charge in [-0.15, -0.1) is 22.7 Å². The molecule has 0 aliphatic heterocycles. The van der Waals surface area contributed by atoms with Crippen LogP contribution in [0.25, 0.3) is 0 Å². The highest BCUT2D eigenvalue weighted by Gasteiger charge is 2.73. The second-order valence-corrected chi connectivity index (χ2v) is 9.65. The quantitative estimate of drug-likeness (QED) is 0.606. The molecule has 150 valence electrons.